The second-order valence-electron chi connectivity index (χ2n) is 1.68. The summed E-state index contributed by atoms with van der Waals surface area (Å²) in [5.41, 5.74) is 0. The summed E-state index contributed by atoms with van der Waals surface area (Å²) < 4.78 is 15.2. The van der Waals surface area contributed by atoms with Gasteiger partial charge in [0.1, 0.15) is 0 Å². The number of hydrogen-bond donors (Lipinski definition) is 2. The van der Waals surface area contributed by atoms with Crippen molar-refractivity contribution in [2.75, 3.05) is 0 Å². The Bertz CT molecular complexity index is 176. The van der Waals surface area contributed by atoms with Gasteiger partial charge < -0.3 is 0 Å². The van der Waals surface area contributed by atoms with Crippen LogP contribution in [0, 0.1) is 0 Å². The Morgan fingerprint density at radius 2 is 1.78 bits per heavy atom. The predicted octanol–water partition coefficient (Wildman–Crippen LogP) is -0.667. The van der Waals surface area contributed by atoms with E-state index in [-0.39, 0.29) is 0 Å². The molecule has 48 valence electrons. The monoisotopic (exact) mass is 185 g/mol. The predicted molar refractivity (Wildman–Crippen MR) is 38.2 cm³/mol. The minimum absolute atomic E-state index is 0.894. The first-order chi connectivity index (χ1) is 4.30. The molecule has 0 aliphatic carbocycles. The average Bonchev–Trinajstić information content (AvgIpc) is 1.90. The van der Waals surface area contributed by atoms with Gasteiger partial charge in [0.2, 0.25) is 0 Å². The van der Waals surface area contributed by atoms with E-state index in [1.54, 1.807) is 0 Å². The van der Waals surface area contributed by atoms with Crippen molar-refractivity contribution in [2.24, 2.45) is 4.65 Å². The molecule has 1 aromatic carbocycles. The van der Waals surface area contributed by atoms with Crippen molar-refractivity contribution in [3.05, 3.63) is 30.3 Å². The van der Waals surface area contributed by atoms with E-state index in [4.69, 9.17) is 8.75 Å². The number of hydrogen-bond acceptors (Lipinski definition) is 2. The van der Waals surface area contributed by atoms with Gasteiger partial charge in [0.05, 0.1) is 0 Å². The van der Waals surface area contributed by atoms with Crippen molar-refractivity contribution >= 4 is 19.6 Å². The summed E-state index contributed by atoms with van der Waals surface area (Å²) in [5, 5.41) is 0. The summed E-state index contributed by atoms with van der Waals surface area (Å²) in [6.45, 7) is 0. The average molecular weight is 185 g/mol. The van der Waals surface area contributed by atoms with Crippen LogP contribution in [0.4, 0.5) is 0 Å². The molecule has 2 nitrogen and oxygen atoms in total. The Balaban J connectivity index is 2.85. The Morgan fingerprint density at radius 3 is 2.11 bits per heavy atom. The Kier molecular flexibility index (Phi) is 2.28. The van der Waals surface area contributed by atoms with Crippen LogP contribution >= 0.6 is 0 Å². The van der Waals surface area contributed by atoms with Gasteiger partial charge in [-0.05, 0) is 0 Å². The SMILES string of the molecule is N[As](O)c1ccccc1. The van der Waals surface area contributed by atoms with Crippen LogP contribution in [-0.2, 0) is 0 Å². The molecular weight excluding hydrogens is 177 g/mol. The van der Waals surface area contributed by atoms with Crippen molar-refractivity contribution in [3.8, 4) is 0 Å². The molecule has 0 bridgehead atoms. The van der Waals surface area contributed by atoms with Crippen LogP contribution in [-0.4, -0.2) is 19.3 Å². The molecule has 1 aromatic rings. The quantitative estimate of drug-likeness (QED) is 0.570. The fraction of sp³-hybridized carbons (Fsp3) is 0. The summed E-state index contributed by atoms with van der Waals surface area (Å²) >= 11 is -2.09. The van der Waals surface area contributed by atoms with Gasteiger partial charge in [0.25, 0.3) is 0 Å². The maximum atomic E-state index is 8.95. The maximum absolute atomic E-state index is 8.95. The molecule has 0 fully saturated rings. The molecule has 1 unspecified atom stereocenters. The molecule has 1 atom stereocenters. The second kappa shape index (κ2) is 3.02. The van der Waals surface area contributed by atoms with E-state index in [0.29, 0.717) is 0 Å². The van der Waals surface area contributed by atoms with E-state index >= 15 is 0 Å². The van der Waals surface area contributed by atoms with E-state index < -0.39 is 15.2 Å². The molecule has 1 rings (SSSR count). The molecule has 0 spiro atoms. The van der Waals surface area contributed by atoms with Gasteiger partial charge in [-0.2, -0.15) is 0 Å². The molecular formula is C6H8AsNO. The van der Waals surface area contributed by atoms with E-state index in [9.17, 15) is 0 Å². The van der Waals surface area contributed by atoms with Gasteiger partial charge in [-0.15, -0.1) is 0 Å². The van der Waals surface area contributed by atoms with Crippen molar-refractivity contribution in [1.29, 1.82) is 0 Å². The molecule has 0 saturated heterocycles. The molecule has 0 heterocycles. The van der Waals surface area contributed by atoms with Crippen molar-refractivity contribution in [2.45, 2.75) is 0 Å². The van der Waals surface area contributed by atoms with Crippen LogP contribution in [0.5, 0.6) is 0 Å². The number of nitrogens with two attached hydrogens (primary N) is 1. The van der Waals surface area contributed by atoms with Crippen LogP contribution in [0.25, 0.3) is 0 Å². The molecule has 9 heavy (non-hydrogen) atoms. The summed E-state index contributed by atoms with van der Waals surface area (Å²) in [5.74, 6) is 0. The van der Waals surface area contributed by atoms with E-state index in [1.807, 2.05) is 30.3 Å². The molecule has 0 saturated carbocycles. The van der Waals surface area contributed by atoms with Gasteiger partial charge in [-0.25, -0.2) is 0 Å². The molecule has 0 amide bonds. The summed E-state index contributed by atoms with van der Waals surface area (Å²) in [6.07, 6.45) is 0. The third-order valence-electron chi connectivity index (χ3n) is 1.02. The van der Waals surface area contributed by atoms with Gasteiger partial charge in [0.15, 0.2) is 0 Å². The van der Waals surface area contributed by atoms with Gasteiger partial charge in [-0.3, -0.25) is 0 Å². The topological polar surface area (TPSA) is 46.2 Å². The first kappa shape index (κ1) is 6.81. The van der Waals surface area contributed by atoms with Gasteiger partial charge in [-0.1, -0.05) is 0 Å². The minimum atomic E-state index is -2.09. The van der Waals surface area contributed by atoms with Crippen LogP contribution in [0.3, 0.4) is 0 Å². The fourth-order valence-corrected chi connectivity index (χ4v) is 1.58. The molecule has 0 aromatic heterocycles. The van der Waals surface area contributed by atoms with Gasteiger partial charge >= 0.3 is 58.6 Å². The van der Waals surface area contributed by atoms with E-state index in [1.165, 1.54) is 0 Å². The Hall–Kier alpha value is -0.302. The normalized spacial score (nSPS) is 13.1. The van der Waals surface area contributed by atoms with Gasteiger partial charge in [0, 0.05) is 0 Å². The third-order valence-corrected chi connectivity index (χ3v) is 2.76. The summed E-state index contributed by atoms with van der Waals surface area (Å²) in [4.78, 5) is 0. The molecule has 0 radical (unpaired) electrons. The number of benzene rings is 1. The van der Waals surface area contributed by atoms with Crippen LogP contribution in [0.2, 0.25) is 0 Å². The van der Waals surface area contributed by atoms with Crippen molar-refractivity contribution < 1.29 is 4.10 Å². The zero-order valence-electron chi connectivity index (χ0n) is 4.86. The summed E-state index contributed by atoms with van der Waals surface area (Å²) in [6, 6.07) is 9.35. The fourth-order valence-electron chi connectivity index (χ4n) is 0.581. The second-order valence-corrected chi connectivity index (χ2v) is 4.21. The van der Waals surface area contributed by atoms with Crippen molar-refractivity contribution in [3.63, 3.8) is 0 Å². The number of rotatable bonds is 1. The molecule has 0 aliphatic rings. The molecule has 3 N–H and O–H groups in total. The molecule has 3 heteroatoms. The standard InChI is InChI=1S/C6H8AsNO/c8-7(9)6-4-2-1-3-5-6/h1-5,9H,8H2. The van der Waals surface area contributed by atoms with E-state index in [2.05, 4.69) is 0 Å². The van der Waals surface area contributed by atoms with Crippen molar-refractivity contribution in [1.82, 2.24) is 0 Å². The Labute approximate surface area is 59.2 Å². The first-order valence-electron chi connectivity index (χ1n) is 2.59. The van der Waals surface area contributed by atoms with Crippen LogP contribution < -0.4 is 9.00 Å². The summed E-state index contributed by atoms with van der Waals surface area (Å²) in [7, 11) is 0. The van der Waals surface area contributed by atoms with E-state index in [0.717, 1.165) is 4.35 Å². The molecule has 0 aliphatic heterocycles. The first-order valence-corrected chi connectivity index (χ1v) is 5.45. The Morgan fingerprint density at radius 1 is 1.22 bits per heavy atom. The zero-order valence-corrected chi connectivity index (χ0v) is 6.74. The zero-order chi connectivity index (χ0) is 6.69. The third kappa shape index (κ3) is 1.83. The van der Waals surface area contributed by atoms with Crippen LogP contribution in [0.15, 0.2) is 30.3 Å². The van der Waals surface area contributed by atoms with Crippen LogP contribution in [0.1, 0.15) is 0 Å².